The maximum Gasteiger partial charge on any atom is 0.0181 e. The van der Waals surface area contributed by atoms with Crippen molar-refractivity contribution in [3.05, 3.63) is 39.9 Å². The third-order valence-electron chi connectivity index (χ3n) is 2.70. The molecule has 1 aromatic carbocycles. The summed E-state index contributed by atoms with van der Waals surface area (Å²) in [5, 5.41) is 3.47. The maximum atomic E-state index is 3.51. The summed E-state index contributed by atoms with van der Waals surface area (Å²) in [6.07, 6.45) is 3.47. The van der Waals surface area contributed by atoms with E-state index in [1.165, 1.54) is 17.6 Å². The number of hydrogen-bond donors (Lipinski definition) is 1. The molecule has 0 radical (unpaired) electrons. The molecule has 0 spiro atoms. The molecule has 0 aliphatic heterocycles. The number of halogens is 1. The van der Waals surface area contributed by atoms with Crippen molar-refractivity contribution in [1.29, 1.82) is 0 Å². The molecule has 2 heteroatoms. The maximum absolute atomic E-state index is 3.51. The van der Waals surface area contributed by atoms with Crippen LogP contribution in [-0.4, -0.2) is 13.1 Å². The summed E-state index contributed by atoms with van der Waals surface area (Å²) in [4.78, 5) is 0. The molecule has 0 saturated heterocycles. The summed E-state index contributed by atoms with van der Waals surface area (Å²) in [6, 6.07) is 8.43. The Morgan fingerprint density at radius 3 is 2.76 bits per heavy atom. The van der Waals surface area contributed by atoms with Gasteiger partial charge in [-0.2, -0.15) is 0 Å². The molecule has 0 atom stereocenters. The van der Waals surface area contributed by atoms with Gasteiger partial charge >= 0.3 is 0 Å². The van der Waals surface area contributed by atoms with Crippen LogP contribution in [0.25, 0.3) is 6.08 Å². The Hall–Kier alpha value is -0.600. The average molecular weight is 296 g/mol. The first-order chi connectivity index (χ1) is 8.13. The van der Waals surface area contributed by atoms with Crippen LogP contribution in [0.5, 0.6) is 0 Å². The van der Waals surface area contributed by atoms with Gasteiger partial charge in [0.25, 0.3) is 0 Å². The molecule has 94 valence electrons. The zero-order chi connectivity index (χ0) is 12.7. The molecule has 0 aliphatic rings. The van der Waals surface area contributed by atoms with Crippen LogP contribution >= 0.6 is 15.9 Å². The Labute approximate surface area is 113 Å². The van der Waals surface area contributed by atoms with E-state index >= 15 is 0 Å². The van der Waals surface area contributed by atoms with Gasteiger partial charge in [-0.15, -0.1) is 0 Å². The summed E-state index contributed by atoms with van der Waals surface area (Å²) in [6.45, 7) is 8.76. The molecule has 0 bridgehead atoms. The van der Waals surface area contributed by atoms with Crippen LogP contribution in [0.3, 0.4) is 0 Å². The molecule has 1 rings (SSSR count). The second-order valence-electron chi connectivity index (χ2n) is 4.61. The van der Waals surface area contributed by atoms with Crippen molar-refractivity contribution in [2.75, 3.05) is 13.1 Å². The van der Waals surface area contributed by atoms with Gasteiger partial charge in [-0.05, 0) is 36.6 Å². The first kappa shape index (κ1) is 14.5. The summed E-state index contributed by atoms with van der Waals surface area (Å²) in [5.74, 6) is 0.582. The van der Waals surface area contributed by atoms with E-state index < -0.39 is 0 Å². The average Bonchev–Trinajstić information content (AvgIpc) is 2.28. The fourth-order valence-electron chi connectivity index (χ4n) is 1.64. The molecule has 0 amide bonds. The van der Waals surface area contributed by atoms with Crippen LogP contribution in [0.4, 0.5) is 0 Å². The summed E-state index contributed by atoms with van der Waals surface area (Å²) < 4.78 is 1.14. The van der Waals surface area contributed by atoms with E-state index in [-0.39, 0.29) is 0 Å². The minimum absolute atomic E-state index is 0.582. The minimum Gasteiger partial charge on any atom is -0.313 e. The monoisotopic (exact) mass is 295 g/mol. The zero-order valence-electron chi connectivity index (χ0n) is 11.0. The van der Waals surface area contributed by atoms with E-state index in [1.54, 1.807) is 0 Å². The van der Waals surface area contributed by atoms with Crippen molar-refractivity contribution in [3.8, 4) is 0 Å². The molecule has 0 aromatic heterocycles. The van der Waals surface area contributed by atoms with Crippen LogP contribution in [0.1, 0.15) is 32.8 Å². The van der Waals surface area contributed by atoms with E-state index in [1.807, 2.05) is 0 Å². The van der Waals surface area contributed by atoms with Crippen molar-refractivity contribution in [1.82, 2.24) is 5.32 Å². The van der Waals surface area contributed by atoms with Gasteiger partial charge in [-0.25, -0.2) is 0 Å². The van der Waals surface area contributed by atoms with Crippen LogP contribution < -0.4 is 5.32 Å². The Morgan fingerprint density at radius 1 is 1.41 bits per heavy atom. The highest BCUT2D eigenvalue weighted by atomic mass is 79.9. The van der Waals surface area contributed by atoms with Crippen LogP contribution in [-0.2, 0) is 0 Å². The van der Waals surface area contributed by atoms with E-state index in [2.05, 4.69) is 72.4 Å². The minimum atomic E-state index is 0.582. The van der Waals surface area contributed by atoms with Crippen LogP contribution in [0.15, 0.2) is 34.3 Å². The summed E-state index contributed by atoms with van der Waals surface area (Å²) in [7, 11) is 0. The number of rotatable bonds is 6. The van der Waals surface area contributed by atoms with Gasteiger partial charge in [0.2, 0.25) is 0 Å². The molecule has 0 fully saturated rings. The van der Waals surface area contributed by atoms with E-state index in [0.717, 1.165) is 17.6 Å². The van der Waals surface area contributed by atoms with Crippen molar-refractivity contribution < 1.29 is 0 Å². The molecule has 0 heterocycles. The van der Waals surface area contributed by atoms with E-state index in [4.69, 9.17) is 0 Å². The predicted octanol–water partition coefficient (Wildman–Crippen LogP) is 4.49. The third-order valence-corrected chi connectivity index (χ3v) is 3.19. The fourth-order valence-corrected chi connectivity index (χ4v) is 2.06. The second-order valence-corrected chi connectivity index (χ2v) is 5.52. The predicted molar refractivity (Wildman–Crippen MR) is 80.1 cm³/mol. The quantitative estimate of drug-likeness (QED) is 0.763. The highest BCUT2D eigenvalue weighted by Crippen LogP contribution is 2.17. The topological polar surface area (TPSA) is 12.0 Å². The number of hydrogen-bond acceptors (Lipinski definition) is 1. The van der Waals surface area contributed by atoms with Gasteiger partial charge in [-0.3, -0.25) is 0 Å². The summed E-state index contributed by atoms with van der Waals surface area (Å²) in [5.41, 5.74) is 2.72. The van der Waals surface area contributed by atoms with Gasteiger partial charge in [0.15, 0.2) is 0 Å². The number of benzene rings is 1. The Kier molecular flexibility index (Phi) is 6.53. The van der Waals surface area contributed by atoms with E-state index in [9.17, 15) is 0 Å². The highest BCUT2D eigenvalue weighted by Gasteiger charge is 2.03. The van der Waals surface area contributed by atoms with Crippen molar-refractivity contribution in [3.63, 3.8) is 0 Å². The Balaban J connectivity index is 2.75. The normalized spacial score (nSPS) is 12.2. The first-order valence-corrected chi connectivity index (χ1v) is 7.09. The smallest absolute Gasteiger partial charge is 0.0181 e. The molecule has 0 aliphatic carbocycles. The lowest BCUT2D eigenvalue weighted by Gasteiger charge is -2.12. The Bertz CT molecular complexity index is 369. The van der Waals surface area contributed by atoms with Crippen molar-refractivity contribution in [2.24, 2.45) is 5.92 Å². The summed E-state index contributed by atoms with van der Waals surface area (Å²) >= 11 is 3.51. The lowest BCUT2D eigenvalue weighted by molar-refractivity contribution is 0.657. The molecule has 0 saturated carbocycles. The van der Waals surface area contributed by atoms with Crippen molar-refractivity contribution in [2.45, 2.75) is 27.2 Å². The fraction of sp³-hybridized carbons (Fsp3) is 0.467. The van der Waals surface area contributed by atoms with E-state index in [0.29, 0.717) is 5.92 Å². The molecule has 0 unspecified atom stereocenters. The first-order valence-electron chi connectivity index (χ1n) is 6.30. The molecule has 17 heavy (non-hydrogen) atoms. The van der Waals surface area contributed by atoms with Gasteiger partial charge < -0.3 is 5.32 Å². The lowest BCUT2D eigenvalue weighted by atomic mass is 10.0. The third kappa shape index (κ3) is 5.51. The molecule has 1 N–H and O–H groups in total. The van der Waals surface area contributed by atoms with Gasteiger partial charge in [0.1, 0.15) is 0 Å². The SMILES string of the molecule is CCCNCC(=Cc1cccc(Br)c1)C(C)C. The van der Waals surface area contributed by atoms with Crippen LogP contribution in [0.2, 0.25) is 0 Å². The van der Waals surface area contributed by atoms with Gasteiger partial charge in [0.05, 0.1) is 0 Å². The standard InChI is InChI=1S/C15H22BrN/c1-4-8-17-11-14(12(2)3)9-13-6-5-7-15(16)10-13/h5-7,9-10,12,17H,4,8,11H2,1-3H3. The van der Waals surface area contributed by atoms with Gasteiger partial charge in [-0.1, -0.05) is 60.5 Å². The van der Waals surface area contributed by atoms with Crippen molar-refractivity contribution >= 4 is 22.0 Å². The van der Waals surface area contributed by atoms with Crippen LogP contribution in [0, 0.1) is 5.92 Å². The molecule has 1 nitrogen and oxygen atoms in total. The van der Waals surface area contributed by atoms with Gasteiger partial charge in [0, 0.05) is 11.0 Å². The molecular weight excluding hydrogens is 274 g/mol. The lowest BCUT2D eigenvalue weighted by Crippen LogP contribution is -2.19. The molecule has 1 aromatic rings. The Morgan fingerprint density at radius 2 is 2.18 bits per heavy atom. The zero-order valence-corrected chi connectivity index (χ0v) is 12.5. The largest absolute Gasteiger partial charge is 0.313 e. The molecular formula is C15H22BrN. The number of nitrogens with one attached hydrogen (secondary N) is 1. The highest BCUT2D eigenvalue weighted by molar-refractivity contribution is 9.10. The second kappa shape index (κ2) is 7.67.